The molecule has 0 bridgehead atoms. The summed E-state index contributed by atoms with van der Waals surface area (Å²) in [5, 5.41) is 3.05. The van der Waals surface area contributed by atoms with Gasteiger partial charge in [-0.05, 0) is 49.9 Å². The third kappa shape index (κ3) is 3.33. The predicted octanol–water partition coefficient (Wildman–Crippen LogP) is 4.30. The van der Waals surface area contributed by atoms with Crippen molar-refractivity contribution in [3.8, 4) is 5.75 Å². The van der Waals surface area contributed by atoms with Crippen LogP contribution in [0.2, 0.25) is 0 Å². The molecule has 0 spiro atoms. The molecule has 1 fully saturated rings. The minimum Gasteiger partial charge on any atom is -0.493 e. The third-order valence-corrected chi connectivity index (χ3v) is 4.15. The number of carbonyl (C=O) groups is 1. The molecular formula is C17H25NO2. The van der Waals surface area contributed by atoms with Crippen molar-refractivity contribution in [2.75, 3.05) is 11.9 Å². The minimum absolute atomic E-state index is 0.150. The number of ether oxygens (including phenoxy) is 1. The van der Waals surface area contributed by atoms with Crippen LogP contribution in [0.5, 0.6) is 5.75 Å². The number of amides is 1. The summed E-state index contributed by atoms with van der Waals surface area (Å²) in [7, 11) is 0. The molecule has 1 aliphatic rings. The van der Waals surface area contributed by atoms with Crippen LogP contribution < -0.4 is 10.1 Å². The second kappa shape index (κ2) is 6.29. The van der Waals surface area contributed by atoms with Crippen molar-refractivity contribution in [2.24, 2.45) is 5.41 Å². The lowest BCUT2D eigenvalue weighted by Gasteiger charge is -2.22. The number of nitrogens with one attached hydrogen (secondary N) is 1. The van der Waals surface area contributed by atoms with Gasteiger partial charge in [0.05, 0.1) is 6.61 Å². The Morgan fingerprint density at radius 2 is 2.05 bits per heavy atom. The number of hydrogen-bond donors (Lipinski definition) is 1. The molecule has 3 nitrogen and oxygen atoms in total. The quantitative estimate of drug-likeness (QED) is 0.870. The summed E-state index contributed by atoms with van der Waals surface area (Å²) in [5.41, 5.74) is 1.74. The smallest absolute Gasteiger partial charge is 0.230 e. The molecule has 1 amide bonds. The molecule has 0 unspecified atom stereocenters. The first-order valence-corrected chi connectivity index (χ1v) is 7.60. The Labute approximate surface area is 121 Å². The summed E-state index contributed by atoms with van der Waals surface area (Å²) in [6.45, 7) is 6.90. The zero-order valence-electron chi connectivity index (χ0n) is 12.8. The second-order valence-electron chi connectivity index (χ2n) is 6.05. The maximum absolute atomic E-state index is 12.4. The topological polar surface area (TPSA) is 38.3 Å². The molecule has 0 aromatic heterocycles. The summed E-state index contributed by atoms with van der Waals surface area (Å²) < 4.78 is 5.65. The van der Waals surface area contributed by atoms with E-state index >= 15 is 0 Å². The maximum Gasteiger partial charge on any atom is 0.230 e. The van der Waals surface area contributed by atoms with Gasteiger partial charge < -0.3 is 10.1 Å². The average molecular weight is 275 g/mol. The first kappa shape index (κ1) is 14.9. The Bertz CT molecular complexity index is 476. The van der Waals surface area contributed by atoms with Gasteiger partial charge in [-0.15, -0.1) is 0 Å². The summed E-state index contributed by atoms with van der Waals surface area (Å²) in [6, 6.07) is 5.85. The van der Waals surface area contributed by atoms with Gasteiger partial charge in [0.2, 0.25) is 5.91 Å². The van der Waals surface area contributed by atoms with E-state index in [0.717, 1.165) is 55.7 Å². The molecule has 20 heavy (non-hydrogen) atoms. The Hall–Kier alpha value is -1.51. The predicted molar refractivity (Wildman–Crippen MR) is 82.2 cm³/mol. The van der Waals surface area contributed by atoms with Crippen molar-refractivity contribution in [1.29, 1.82) is 0 Å². The SMILES string of the molecule is CCCOc1ccc(NC(=O)C2(C)CCCC2)cc1C. The highest BCUT2D eigenvalue weighted by atomic mass is 16.5. The molecule has 1 aliphatic carbocycles. The number of benzene rings is 1. The monoisotopic (exact) mass is 275 g/mol. The van der Waals surface area contributed by atoms with E-state index in [-0.39, 0.29) is 11.3 Å². The van der Waals surface area contributed by atoms with E-state index in [2.05, 4.69) is 19.2 Å². The number of anilines is 1. The van der Waals surface area contributed by atoms with E-state index in [4.69, 9.17) is 4.74 Å². The Morgan fingerprint density at radius 3 is 2.65 bits per heavy atom. The molecule has 0 saturated heterocycles. The van der Waals surface area contributed by atoms with Gasteiger partial charge in [-0.2, -0.15) is 0 Å². The molecule has 1 aromatic rings. The van der Waals surface area contributed by atoms with Gasteiger partial charge in [-0.3, -0.25) is 4.79 Å². The van der Waals surface area contributed by atoms with Gasteiger partial charge in [-0.25, -0.2) is 0 Å². The van der Waals surface area contributed by atoms with Crippen LogP contribution in [-0.2, 0) is 4.79 Å². The number of rotatable bonds is 5. The van der Waals surface area contributed by atoms with Gasteiger partial charge in [-0.1, -0.05) is 26.7 Å². The summed E-state index contributed by atoms with van der Waals surface area (Å²) in [5.74, 6) is 1.05. The average Bonchev–Trinajstić information content (AvgIpc) is 2.86. The largest absolute Gasteiger partial charge is 0.493 e. The van der Waals surface area contributed by atoms with E-state index in [1.165, 1.54) is 0 Å². The summed E-state index contributed by atoms with van der Waals surface area (Å²) in [4.78, 5) is 12.4. The standard InChI is InChI=1S/C17H25NO2/c1-4-11-20-15-8-7-14(12-13(15)2)18-16(19)17(3)9-5-6-10-17/h7-8,12H,4-6,9-11H2,1-3H3,(H,18,19). The highest BCUT2D eigenvalue weighted by Crippen LogP contribution is 2.38. The van der Waals surface area contributed by atoms with Crippen LogP contribution >= 0.6 is 0 Å². The van der Waals surface area contributed by atoms with E-state index in [1.807, 2.05) is 25.1 Å². The van der Waals surface area contributed by atoms with Gasteiger partial charge in [0.15, 0.2) is 0 Å². The Balaban J connectivity index is 2.03. The molecule has 0 aliphatic heterocycles. The molecule has 0 radical (unpaired) electrons. The molecule has 110 valence electrons. The lowest BCUT2D eigenvalue weighted by Crippen LogP contribution is -2.30. The van der Waals surface area contributed by atoms with Crippen LogP contribution in [-0.4, -0.2) is 12.5 Å². The summed E-state index contributed by atoms with van der Waals surface area (Å²) >= 11 is 0. The van der Waals surface area contributed by atoms with Crippen LogP contribution in [0.1, 0.15) is 51.5 Å². The van der Waals surface area contributed by atoms with E-state index in [1.54, 1.807) is 0 Å². The molecule has 2 rings (SSSR count). The van der Waals surface area contributed by atoms with Crippen LogP contribution in [0.25, 0.3) is 0 Å². The van der Waals surface area contributed by atoms with E-state index < -0.39 is 0 Å². The van der Waals surface area contributed by atoms with Crippen LogP contribution in [0.3, 0.4) is 0 Å². The molecule has 0 heterocycles. The lowest BCUT2D eigenvalue weighted by molar-refractivity contribution is -0.124. The molecule has 1 N–H and O–H groups in total. The fourth-order valence-electron chi connectivity index (χ4n) is 2.77. The van der Waals surface area contributed by atoms with E-state index in [0.29, 0.717) is 0 Å². The normalized spacial score (nSPS) is 16.9. The second-order valence-corrected chi connectivity index (χ2v) is 6.05. The number of carbonyl (C=O) groups excluding carboxylic acids is 1. The highest BCUT2D eigenvalue weighted by Gasteiger charge is 2.36. The fraction of sp³-hybridized carbons (Fsp3) is 0.588. The lowest BCUT2D eigenvalue weighted by atomic mass is 9.88. The molecular weight excluding hydrogens is 250 g/mol. The van der Waals surface area contributed by atoms with Gasteiger partial charge in [0.25, 0.3) is 0 Å². The van der Waals surface area contributed by atoms with Crippen LogP contribution in [0.15, 0.2) is 18.2 Å². The van der Waals surface area contributed by atoms with Crippen molar-refractivity contribution in [3.05, 3.63) is 23.8 Å². The molecule has 1 saturated carbocycles. The summed E-state index contributed by atoms with van der Waals surface area (Å²) in [6.07, 6.45) is 5.31. The highest BCUT2D eigenvalue weighted by molar-refractivity contribution is 5.95. The zero-order valence-corrected chi connectivity index (χ0v) is 12.8. The van der Waals surface area contributed by atoms with E-state index in [9.17, 15) is 4.79 Å². The molecule has 1 aromatic carbocycles. The Morgan fingerprint density at radius 1 is 1.35 bits per heavy atom. The van der Waals surface area contributed by atoms with Crippen molar-refractivity contribution in [1.82, 2.24) is 0 Å². The number of hydrogen-bond acceptors (Lipinski definition) is 2. The van der Waals surface area contributed by atoms with Crippen molar-refractivity contribution in [3.63, 3.8) is 0 Å². The van der Waals surface area contributed by atoms with Gasteiger partial charge in [0, 0.05) is 11.1 Å². The van der Waals surface area contributed by atoms with Crippen molar-refractivity contribution in [2.45, 2.75) is 52.9 Å². The minimum atomic E-state index is -0.189. The first-order chi connectivity index (χ1) is 9.55. The van der Waals surface area contributed by atoms with Crippen molar-refractivity contribution >= 4 is 11.6 Å². The molecule has 0 atom stereocenters. The van der Waals surface area contributed by atoms with Crippen LogP contribution in [0.4, 0.5) is 5.69 Å². The fourth-order valence-corrected chi connectivity index (χ4v) is 2.77. The third-order valence-electron chi connectivity index (χ3n) is 4.15. The maximum atomic E-state index is 12.4. The number of aryl methyl sites for hydroxylation is 1. The van der Waals surface area contributed by atoms with Crippen molar-refractivity contribution < 1.29 is 9.53 Å². The first-order valence-electron chi connectivity index (χ1n) is 7.60. The van der Waals surface area contributed by atoms with Gasteiger partial charge in [0.1, 0.15) is 5.75 Å². The molecule has 3 heteroatoms. The van der Waals surface area contributed by atoms with Crippen LogP contribution in [0, 0.1) is 12.3 Å². The van der Waals surface area contributed by atoms with Gasteiger partial charge >= 0.3 is 0 Å². The Kier molecular flexibility index (Phi) is 4.69. The zero-order chi connectivity index (χ0) is 14.6.